The number of carbonyl (C=O) groups is 2. The highest BCUT2D eigenvalue weighted by atomic mass is 16.5. The predicted molar refractivity (Wildman–Crippen MR) is 160 cm³/mol. The maximum absolute atomic E-state index is 13.4. The van der Waals surface area contributed by atoms with Gasteiger partial charge in [0.25, 0.3) is 0 Å². The summed E-state index contributed by atoms with van der Waals surface area (Å²) in [5.41, 5.74) is 2.74. The number of ketones is 1. The van der Waals surface area contributed by atoms with Crippen molar-refractivity contribution in [2.75, 3.05) is 13.7 Å². The van der Waals surface area contributed by atoms with Gasteiger partial charge in [0.05, 0.1) is 20.0 Å². The Bertz CT molecular complexity index is 1610. The van der Waals surface area contributed by atoms with Gasteiger partial charge in [-0.1, -0.05) is 43.2 Å². The molecule has 1 fully saturated rings. The molecule has 6 rings (SSSR count). The third-order valence-electron chi connectivity index (χ3n) is 8.22. The van der Waals surface area contributed by atoms with Crippen LogP contribution in [0.4, 0.5) is 0 Å². The van der Waals surface area contributed by atoms with Crippen LogP contribution in [0, 0.1) is 5.92 Å². The van der Waals surface area contributed by atoms with Crippen LogP contribution >= 0.6 is 0 Å². The van der Waals surface area contributed by atoms with Crippen LogP contribution in [0.3, 0.4) is 0 Å². The lowest BCUT2D eigenvalue weighted by molar-refractivity contribution is -0.140. The number of carbonyl (C=O) groups excluding carboxylic acids is 2. The first-order chi connectivity index (χ1) is 20.1. The lowest BCUT2D eigenvalue weighted by Gasteiger charge is -2.23. The van der Waals surface area contributed by atoms with Gasteiger partial charge >= 0.3 is 5.97 Å². The topological polar surface area (TPSA) is 78.1 Å². The number of hydrogen-bond donors (Lipinski definition) is 0. The molecule has 1 saturated carbocycles. The summed E-state index contributed by atoms with van der Waals surface area (Å²) < 4.78 is 16.7. The zero-order valence-corrected chi connectivity index (χ0v) is 23.2. The zero-order valence-electron chi connectivity index (χ0n) is 23.2. The van der Waals surface area contributed by atoms with E-state index in [9.17, 15) is 9.59 Å². The summed E-state index contributed by atoms with van der Waals surface area (Å²) in [5.74, 6) is 1.31. The van der Waals surface area contributed by atoms with Gasteiger partial charge in [0.15, 0.2) is 11.3 Å². The third kappa shape index (κ3) is 5.47. The summed E-state index contributed by atoms with van der Waals surface area (Å²) in [5, 5.41) is 2.04. The number of Topliss-reactive ketones (excluding diaryl/α,β-unsaturated/α-hetero) is 1. The van der Waals surface area contributed by atoms with Crippen LogP contribution in [0.2, 0.25) is 0 Å². The van der Waals surface area contributed by atoms with Gasteiger partial charge in [-0.05, 0) is 101 Å². The molecule has 0 saturated heterocycles. The Kier molecular flexibility index (Phi) is 7.55. The minimum absolute atomic E-state index is 0.198. The standard InChI is InChI=1S/C35H33NO5/c1-39-33(37)16-10-24-9-15-31(41-23-25-6-2-3-7-25)30(20-24)28-12-11-27-22-29(14-13-26(27)21-28)35(17-5-18-36-35)34(38)32-8-4-19-40-32/h4-5,8-9,11-15,17-22,25H,2-3,6-7,10,16,23H2,1H3. The van der Waals surface area contributed by atoms with Crippen LogP contribution in [-0.2, 0) is 21.5 Å². The SMILES string of the molecule is COC(=O)CCc1ccc(OCC2CCCC2)c(-c2ccc3cc(C4(C(=O)c5ccco5)C=CC=N4)ccc3c2)c1. The van der Waals surface area contributed by atoms with Crippen molar-refractivity contribution in [1.82, 2.24) is 0 Å². The Hall–Kier alpha value is -4.45. The maximum atomic E-state index is 13.4. The number of esters is 1. The van der Waals surface area contributed by atoms with Crippen LogP contribution in [0.15, 0.2) is 94.6 Å². The fourth-order valence-corrected chi connectivity index (χ4v) is 5.89. The Labute approximate surface area is 239 Å². The fourth-order valence-electron chi connectivity index (χ4n) is 5.89. The average molecular weight is 548 g/mol. The molecule has 0 amide bonds. The number of benzene rings is 3. The van der Waals surface area contributed by atoms with E-state index in [0.717, 1.165) is 38.8 Å². The molecule has 1 aliphatic carbocycles. The van der Waals surface area contributed by atoms with Crippen molar-refractivity contribution in [2.45, 2.75) is 44.1 Å². The number of aliphatic imine (C=N–C) groups is 1. The molecule has 0 N–H and O–H groups in total. The number of furan rings is 1. The van der Waals surface area contributed by atoms with E-state index in [1.54, 1.807) is 24.4 Å². The second-order valence-electron chi connectivity index (χ2n) is 10.9. The number of methoxy groups -OCH3 is 1. The van der Waals surface area contributed by atoms with E-state index in [1.807, 2.05) is 36.4 Å². The first kappa shape index (κ1) is 26.8. The number of aryl methyl sites for hydroxylation is 1. The quantitative estimate of drug-likeness (QED) is 0.152. The summed E-state index contributed by atoms with van der Waals surface area (Å²) in [7, 11) is 1.41. The second-order valence-corrected chi connectivity index (χ2v) is 10.9. The van der Waals surface area contributed by atoms with Crippen molar-refractivity contribution in [1.29, 1.82) is 0 Å². The first-order valence-electron chi connectivity index (χ1n) is 14.2. The summed E-state index contributed by atoms with van der Waals surface area (Å²) in [6.07, 6.45) is 12.7. The molecule has 0 spiro atoms. The van der Waals surface area contributed by atoms with Gasteiger partial charge in [0.2, 0.25) is 5.78 Å². The van der Waals surface area contributed by atoms with E-state index in [4.69, 9.17) is 13.9 Å². The molecule has 6 nitrogen and oxygen atoms in total. The number of rotatable bonds is 10. The molecule has 2 aliphatic rings. The third-order valence-corrected chi connectivity index (χ3v) is 8.22. The lowest BCUT2D eigenvalue weighted by atomic mass is 9.84. The van der Waals surface area contributed by atoms with Gasteiger partial charge in [-0.25, -0.2) is 0 Å². The molecule has 0 bridgehead atoms. The number of ether oxygens (including phenoxy) is 2. The first-order valence-corrected chi connectivity index (χ1v) is 14.2. The molecule has 41 heavy (non-hydrogen) atoms. The zero-order chi connectivity index (χ0) is 28.2. The van der Waals surface area contributed by atoms with E-state index in [0.29, 0.717) is 25.4 Å². The minimum Gasteiger partial charge on any atom is -0.493 e. The van der Waals surface area contributed by atoms with E-state index in [2.05, 4.69) is 29.3 Å². The molecule has 1 aliphatic heterocycles. The molecular formula is C35H33NO5. The molecule has 4 aromatic rings. The molecule has 3 aromatic carbocycles. The summed E-state index contributed by atoms with van der Waals surface area (Å²) >= 11 is 0. The molecule has 2 heterocycles. The second kappa shape index (κ2) is 11.6. The molecule has 1 atom stereocenters. The number of fused-ring (bicyclic) bond motifs is 1. The highest BCUT2D eigenvalue weighted by molar-refractivity contribution is 6.06. The van der Waals surface area contributed by atoms with Crippen molar-refractivity contribution in [3.05, 3.63) is 102 Å². The van der Waals surface area contributed by atoms with Gasteiger partial charge in [-0.15, -0.1) is 0 Å². The summed E-state index contributed by atoms with van der Waals surface area (Å²) in [4.78, 5) is 29.8. The largest absolute Gasteiger partial charge is 0.493 e. The fraction of sp³-hybridized carbons (Fsp3) is 0.286. The van der Waals surface area contributed by atoms with Crippen molar-refractivity contribution in [3.63, 3.8) is 0 Å². The highest BCUT2D eigenvalue weighted by Crippen LogP contribution is 2.38. The Balaban J connectivity index is 1.34. The average Bonchev–Trinajstić information content (AvgIpc) is 3.82. The molecular weight excluding hydrogens is 514 g/mol. The van der Waals surface area contributed by atoms with Crippen LogP contribution in [-0.4, -0.2) is 31.7 Å². The molecule has 1 aromatic heterocycles. The molecule has 208 valence electrons. The lowest BCUT2D eigenvalue weighted by Crippen LogP contribution is -2.30. The van der Waals surface area contributed by atoms with Crippen LogP contribution in [0.25, 0.3) is 21.9 Å². The minimum atomic E-state index is -1.14. The Morgan fingerprint density at radius 3 is 2.59 bits per heavy atom. The van der Waals surface area contributed by atoms with Gasteiger partial charge in [0, 0.05) is 18.2 Å². The van der Waals surface area contributed by atoms with Crippen molar-refractivity contribution in [2.24, 2.45) is 10.9 Å². The van der Waals surface area contributed by atoms with Gasteiger partial charge in [0.1, 0.15) is 5.75 Å². The normalized spacial score (nSPS) is 18.3. The van der Waals surface area contributed by atoms with E-state index in [-0.39, 0.29) is 17.5 Å². The number of allylic oxidation sites excluding steroid dienone is 1. The van der Waals surface area contributed by atoms with Crippen molar-refractivity contribution in [3.8, 4) is 16.9 Å². The van der Waals surface area contributed by atoms with Crippen LogP contribution in [0.5, 0.6) is 5.75 Å². The smallest absolute Gasteiger partial charge is 0.305 e. The Morgan fingerprint density at radius 1 is 1.00 bits per heavy atom. The monoisotopic (exact) mass is 547 g/mol. The van der Waals surface area contributed by atoms with Crippen molar-refractivity contribution < 1.29 is 23.5 Å². The van der Waals surface area contributed by atoms with Crippen molar-refractivity contribution >= 4 is 28.7 Å². The highest BCUT2D eigenvalue weighted by Gasteiger charge is 2.40. The predicted octanol–water partition coefficient (Wildman–Crippen LogP) is 7.49. The van der Waals surface area contributed by atoms with Crippen LogP contribution in [0.1, 0.15) is 53.8 Å². The van der Waals surface area contributed by atoms with Gasteiger partial charge < -0.3 is 13.9 Å². The molecule has 1 unspecified atom stereocenters. The van der Waals surface area contributed by atoms with E-state index < -0.39 is 5.54 Å². The van der Waals surface area contributed by atoms with Gasteiger partial charge in [-0.2, -0.15) is 0 Å². The number of nitrogens with zero attached hydrogens (tertiary/aromatic N) is 1. The summed E-state index contributed by atoms with van der Waals surface area (Å²) in [6.45, 7) is 0.714. The van der Waals surface area contributed by atoms with Crippen LogP contribution < -0.4 is 4.74 Å². The maximum Gasteiger partial charge on any atom is 0.305 e. The number of hydrogen-bond acceptors (Lipinski definition) is 6. The Morgan fingerprint density at radius 2 is 1.83 bits per heavy atom. The van der Waals surface area contributed by atoms with E-state index in [1.165, 1.54) is 39.1 Å². The molecule has 6 heteroatoms. The van der Waals surface area contributed by atoms with Gasteiger partial charge in [-0.3, -0.25) is 14.6 Å². The molecule has 0 radical (unpaired) electrons. The van der Waals surface area contributed by atoms with E-state index >= 15 is 0 Å². The summed E-state index contributed by atoms with van der Waals surface area (Å²) in [6, 6.07) is 21.9.